The van der Waals surface area contributed by atoms with Gasteiger partial charge in [0, 0.05) is 24.9 Å². The number of primary amides is 1. The molecule has 3 N–H and O–H groups in total. The van der Waals surface area contributed by atoms with Crippen LogP contribution in [0.2, 0.25) is 0 Å². The maximum absolute atomic E-state index is 12.0. The number of likely N-dealkylation sites (tertiary alicyclic amines) is 1. The first-order valence-electron chi connectivity index (χ1n) is 6.08. The number of nitrogens with two attached hydrogens (primary N) is 1. The summed E-state index contributed by atoms with van der Waals surface area (Å²) in [5.74, 6) is -2.30. The van der Waals surface area contributed by atoms with Crippen LogP contribution in [0.4, 0.5) is 0 Å². The van der Waals surface area contributed by atoms with Crippen molar-refractivity contribution in [2.24, 2.45) is 17.6 Å². The zero-order chi connectivity index (χ0) is 14.0. The molecule has 1 aliphatic heterocycles. The average Bonchev–Trinajstić information content (AvgIpc) is 2.13. The summed E-state index contributed by atoms with van der Waals surface area (Å²) >= 11 is 0. The Balaban J connectivity index is 2.92. The number of nitrogens with zero attached hydrogens (tertiary/aromatic N) is 1. The van der Waals surface area contributed by atoms with Gasteiger partial charge >= 0.3 is 5.97 Å². The summed E-state index contributed by atoms with van der Waals surface area (Å²) in [5, 5.41) is 9.22. The van der Waals surface area contributed by atoms with Crippen LogP contribution in [0, 0.1) is 11.8 Å². The molecular weight excluding hydrogens is 236 g/mol. The lowest BCUT2D eigenvalue weighted by molar-refractivity contribution is -0.156. The first kappa shape index (κ1) is 14.5. The van der Waals surface area contributed by atoms with E-state index in [4.69, 9.17) is 5.73 Å². The molecule has 0 saturated carbocycles. The third kappa shape index (κ3) is 2.80. The molecule has 0 spiro atoms. The Morgan fingerprint density at radius 3 is 2.50 bits per heavy atom. The molecule has 1 saturated heterocycles. The Morgan fingerprint density at radius 2 is 2.06 bits per heavy atom. The maximum atomic E-state index is 12.0. The minimum Gasteiger partial charge on any atom is -0.481 e. The summed E-state index contributed by atoms with van der Waals surface area (Å²) < 4.78 is 0. The van der Waals surface area contributed by atoms with Crippen molar-refractivity contribution in [1.29, 1.82) is 0 Å². The molecular formula is C12H20N2O4. The lowest BCUT2D eigenvalue weighted by Gasteiger charge is -2.43. The van der Waals surface area contributed by atoms with E-state index in [0.29, 0.717) is 0 Å². The van der Waals surface area contributed by atoms with Crippen LogP contribution in [-0.2, 0) is 14.4 Å². The topological polar surface area (TPSA) is 101 Å². The molecule has 0 radical (unpaired) electrons. The van der Waals surface area contributed by atoms with Gasteiger partial charge in [0.05, 0.1) is 5.92 Å². The molecule has 102 valence electrons. The van der Waals surface area contributed by atoms with Gasteiger partial charge in [-0.25, -0.2) is 0 Å². The molecule has 0 aromatic rings. The van der Waals surface area contributed by atoms with Gasteiger partial charge in [-0.15, -0.1) is 0 Å². The Kier molecular flexibility index (Phi) is 4.32. The molecule has 1 rings (SSSR count). The summed E-state index contributed by atoms with van der Waals surface area (Å²) in [6, 6.07) is -0.785. The minimum absolute atomic E-state index is 0.0524. The van der Waals surface area contributed by atoms with Crippen molar-refractivity contribution in [3.63, 3.8) is 0 Å². The first-order valence-corrected chi connectivity index (χ1v) is 6.08. The van der Waals surface area contributed by atoms with Gasteiger partial charge in [0.15, 0.2) is 0 Å². The van der Waals surface area contributed by atoms with Gasteiger partial charge in [0.1, 0.15) is 0 Å². The Morgan fingerprint density at radius 1 is 1.50 bits per heavy atom. The predicted octanol–water partition coefficient (Wildman–Crippen LogP) is 0.208. The highest BCUT2D eigenvalue weighted by Crippen LogP contribution is 2.31. The predicted molar refractivity (Wildman–Crippen MR) is 64.5 cm³/mol. The molecule has 0 aromatic carbocycles. The van der Waals surface area contributed by atoms with Gasteiger partial charge in [-0.1, -0.05) is 6.92 Å². The Hall–Kier alpha value is -1.59. The van der Waals surface area contributed by atoms with Crippen LogP contribution in [0.25, 0.3) is 0 Å². The van der Waals surface area contributed by atoms with Crippen LogP contribution in [0.5, 0.6) is 0 Å². The van der Waals surface area contributed by atoms with Gasteiger partial charge in [-0.05, 0) is 19.8 Å². The molecule has 6 nitrogen and oxygen atoms in total. The second kappa shape index (κ2) is 5.37. The van der Waals surface area contributed by atoms with Crippen molar-refractivity contribution in [3.8, 4) is 0 Å². The number of piperidine rings is 1. The Labute approximate surface area is 106 Å². The van der Waals surface area contributed by atoms with Crippen molar-refractivity contribution < 1.29 is 19.5 Å². The fourth-order valence-corrected chi connectivity index (χ4v) is 2.87. The van der Waals surface area contributed by atoms with Crippen LogP contribution < -0.4 is 5.73 Å². The second-order valence-electron chi connectivity index (χ2n) is 5.11. The van der Waals surface area contributed by atoms with Gasteiger partial charge < -0.3 is 15.7 Å². The quantitative estimate of drug-likeness (QED) is 0.750. The highest BCUT2D eigenvalue weighted by Gasteiger charge is 2.43. The van der Waals surface area contributed by atoms with Crippen LogP contribution in [0.3, 0.4) is 0 Å². The fraction of sp³-hybridized carbons (Fsp3) is 0.750. The van der Waals surface area contributed by atoms with Crippen molar-refractivity contribution >= 4 is 17.8 Å². The SMILES string of the molecule is CC1CC(=O)N(C(C)CC(N)=O)C(C)C1C(=O)O. The van der Waals surface area contributed by atoms with Gasteiger partial charge in [0.2, 0.25) is 11.8 Å². The molecule has 0 aliphatic carbocycles. The van der Waals surface area contributed by atoms with E-state index in [1.54, 1.807) is 20.8 Å². The number of aliphatic carboxylic acids is 1. The third-order valence-corrected chi connectivity index (χ3v) is 3.61. The zero-order valence-electron chi connectivity index (χ0n) is 10.9. The van der Waals surface area contributed by atoms with E-state index in [-0.39, 0.29) is 30.7 Å². The van der Waals surface area contributed by atoms with E-state index >= 15 is 0 Å². The Bertz CT molecular complexity index is 369. The van der Waals surface area contributed by atoms with Crippen molar-refractivity contribution in [3.05, 3.63) is 0 Å². The molecule has 1 heterocycles. The molecule has 6 heteroatoms. The van der Waals surface area contributed by atoms with Gasteiger partial charge in [-0.3, -0.25) is 14.4 Å². The van der Waals surface area contributed by atoms with E-state index in [9.17, 15) is 19.5 Å². The summed E-state index contributed by atoms with van der Waals surface area (Å²) in [7, 11) is 0. The van der Waals surface area contributed by atoms with E-state index in [2.05, 4.69) is 0 Å². The number of carboxylic acids is 1. The highest BCUT2D eigenvalue weighted by atomic mass is 16.4. The summed E-state index contributed by atoms with van der Waals surface area (Å²) in [6.45, 7) is 5.20. The van der Waals surface area contributed by atoms with Crippen molar-refractivity contribution in [2.75, 3.05) is 0 Å². The first-order chi connectivity index (χ1) is 8.25. The van der Waals surface area contributed by atoms with E-state index in [0.717, 1.165) is 0 Å². The van der Waals surface area contributed by atoms with Crippen molar-refractivity contribution in [1.82, 2.24) is 4.90 Å². The lowest BCUT2D eigenvalue weighted by Crippen LogP contribution is -2.56. The standard InChI is InChI=1S/C12H20N2O4/c1-6-4-10(16)14(7(2)5-9(13)15)8(3)11(6)12(17)18/h6-8,11H,4-5H2,1-3H3,(H2,13,15)(H,17,18). The summed E-state index contributed by atoms with van der Waals surface area (Å²) in [4.78, 5) is 35.6. The van der Waals surface area contributed by atoms with Crippen LogP contribution in [0.15, 0.2) is 0 Å². The van der Waals surface area contributed by atoms with Gasteiger partial charge in [0.25, 0.3) is 0 Å². The van der Waals surface area contributed by atoms with Crippen LogP contribution in [0.1, 0.15) is 33.6 Å². The number of hydrogen-bond acceptors (Lipinski definition) is 3. The maximum Gasteiger partial charge on any atom is 0.308 e. The normalized spacial score (nSPS) is 30.1. The largest absolute Gasteiger partial charge is 0.481 e. The minimum atomic E-state index is -0.904. The van der Waals surface area contributed by atoms with Crippen LogP contribution >= 0.6 is 0 Å². The average molecular weight is 256 g/mol. The third-order valence-electron chi connectivity index (χ3n) is 3.61. The van der Waals surface area contributed by atoms with E-state index in [1.165, 1.54) is 4.90 Å². The number of carbonyl (C=O) groups is 3. The second-order valence-corrected chi connectivity index (χ2v) is 5.11. The van der Waals surface area contributed by atoms with E-state index in [1.807, 2.05) is 0 Å². The zero-order valence-corrected chi connectivity index (χ0v) is 10.9. The number of amides is 2. The molecule has 4 unspecified atom stereocenters. The smallest absolute Gasteiger partial charge is 0.308 e. The number of carboxylic acid groups (broad SMARTS) is 1. The highest BCUT2D eigenvalue weighted by molar-refractivity contribution is 5.83. The number of rotatable bonds is 4. The number of hydrogen-bond donors (Lipinski definition) is 2. The molecule has 4 atom stereocenters. The molecule has 0 aromatic heterocycles. The molecule has 1 aliphatic rings. The summed E-state index contributed by atoms with van der Waals surface area (Å²) in [5.41, 5.74) is 5.12. The lowest BCUT2D eigenvalue weighted by atomic mass is 9.80. The molecule has 18 heavy (non-hydrogen) atoms. The number of carbonyl (C=O) groups excluding carboxylic acids is 2. The summed E-state index contributed by atoms with van der Waals surface area (Å²) in [6.07, 6.45) is 0.251. The van der Waals surface area contributed by atoms with Crippen molar-refractivity contribution in [2.45, 2.75) is 45.7 Å². The molecule has 2 amide bonds. The van der Waals surface area contributed by atoms with E-state index < -0.39 is 23.8 Å². The van der Waals surface area contributed by atoms with Gasteiger partial charge in [-0.2, -0.15) is 0 Å². The van der Waals surface area contributed by atoms with Crippen LogP contribution in [-0.4, -0.2) is 39.9 Å². The monoisotopic (exact) mass is 256 g/mol. The molecule has 0 bridgehead atoms. The fourth-order valence-electron chi connectivity index (χ4n) is 2.87. The molecule has 1 fully saturated rings.